The van der Waals surface area contributed by atoms with Crippen LogP contribution in [0.3, 0.4) is 0 Å². The fourth-order valence-electron chi connectivity index (χ4n) is 5.10. The van der Waals surface area contributed by atoms with Crippen molar-refractivity contribution in [3.05, 3.63) is 110 Å². The Bertz CT molecular complexity index is 1200. The van der Waals surface area contributed by atoms with Crippen LogP contribution < -0.4 is 4.90 Å². The molecule has 2 aromatic rings. The number of aliphatic hydroxyl groups is 1. The second-order valence-corrected chi connectivity index (χ2v) is 10.5. The molecule has 0 saturated heterocycles. The minimum atomic E-state index is 0.290. The van der Waals surface area contributed by atoms with Gasteiger partial charge in [-0.2, -0.15) is 0 Å². The third-order valence-corrected chi connectivity index (χ3v) is 7.49. The first kappa shape index (κ1) is 26.4. The van der Waals surface area contributed by atoms with Gasteiger partial charge in [0.25, 0.3) is 0 Å². The SMILES string of the molecule is C/C=C(Cl)\C=C/C/C(O)=C/C(=C(/C)C/C=C/c1cc2c3c(c1)CCCN3CCC2)c1ccc(Cl)cc1. The van der Waals surface area contributed by atoms with E-state index in [0.717, 1.165) is 17.6 Å². The summed E-state index contributed by atoms with van der Waals surface area (Å²) in [6.45, 7) is 6.41. The predicted molar refractivity (Wildman–Crippen MR) is 157 cm³/mol. The molecule has 2 aromatic carbocycles. The normalized spacial score (nSPS) is 17.1. The van der Waals surface area contributed by atoms with Crippen LogP contribution in [0.2, 0.25) is 5.02 Å². The van der Waals surface area contributed by atoms with E-state index >= 15 is 0 Å². The van der Waals surface area contributed by atoms with Crippen molar-refractivity contribution in [2.45, 2.75) is 52.4 Å². The van der Waals surface area contributed by atoms with Crippen molar-refractivity contribution >= 4 is 40.5 Å². The molecule has 2 heterocycles. The summed E-state index contributed by atoms with van der Waals surface area (Å²) in [5.74, 6) is 0.290. The third kappa shape index (κ3) is 6.75. The van der Waals surface area contributed by atoms with E-state index in [1.165, 1.54) is 66.7 Å². The average Bonchev–Trinajstić information content (AvgIpc) is 2.88. The Kier molecular flexibility index (Phi) is 9.18. The van der Waals surface area contributed by atoms with Gasteiger partial charge in [-0.25, -0.2) is 0 Å². The predicted octanol–water partition coefficient (Wildman–Crippen LogP) is 9.45. The molecular weight excluding hydrogens is 485 g/mol. The van der Waals surface area contributed by atoms with E-state index in [1.807, 2.05) is 49.4 Å². The molecule has 0 spiro atoms. The lowest BCUT2D eigenvalue weighted by molar-refractivity contribution is 0.402. The van der Waals surface area contributed by atoms with Gasteiger partial charge >= 0.3 is 0 Å². The van der Waals surface area contributed by atoms with E-state index in [4.69, 9.17) is 23.2 Å². The molecule has 4 rings (SSSR count). The number of allylic oxidation sites excluding steroid dienone is 8. The lowest BCUT2D eigenvalue weighted by Crippen LogP contribution is -2.34. The van der Waals surface area contributed by atoms with Crippen molar-refractivity contribution in [2.24, 2.45) is 0 Å². The Balaban J connectivity index is 1.57. The molecule has 0 radical (unpaired) electrons. The van der Waals surface area contributed by atoms with Crippen molar-refractivity contribution in [1.29, 1.82) is 0 Å². The molecule has 2 nitrogen and oxygen atoms in total. The summed E-state index contributed by atoms with van der Waals surface area (Å²) in [4.78, 5) is 2.58. The first-order valence-corrected chi connectivity index (χ1v) is 13.6. The van der Waals surface area contributed by atoms with Gasteiger partial charge in [0.2, 0.25) is 0 Å². The fourth-order valence-corrected chi connectivity index (χ4v) is 5.32. The van der Waals surface area contributed by atoms with Crippen LogP contribution in [0.5, 0.6) is 0 Å². The Hall–Kier alpha value is -2.68. The zero-order valence-electron chi connectivity index (χ0n) is 21.2. The Morgan fingerprint density at radius 1 is 1.00 bits per heavy atom. The summed E-state index contributed by atoms with van der Waals surface area (Å²) in [6, 6.07) is 12.5. The number of aliphatic hydroxyl groups excluding tert-OH is 1. The first-order chi connectivity index (χ1) is 17.4. The molecule has 0 bridgehead atoms. The maximum Gasteiger partial charge on any atom is 0.0966 e. The van der Waals surface area contributed by atoms with Crippen LogP contribution in [0.25, 0.3) is 11.6 Å². The lowest BCUT2D eigenvalue weighted by Gasteiger charge is -2.37. The topological polar surface area (TPSA) is 23.5 Å². The second kappa shape index (κ2) is 12.5. The molecule has 0 saturated carbocycles. The highest BCUT2D eigenvalue weighted by Crippen LogP contribution is 2.36. The number of rotatable bonds is 8. The summed E-state index contributed by atoms with van der Waals surface area (Å²) in [6.07, 6.45) is 17.9. The molecule has 0 aliphatic carbocycles. The Labute approximate surface area is 225 Å². The largest absolute Gasteiger partial charge is 0.512 e. The minimum absolute atomic E-state index is 0.290. The maximum atomic E-state index is 10.6. The molecule has 188 valence electrons. The molecule has 0 unspecified atom stereocenters. The van der Waals surface area contributed by atoms with E-state index in [9.17, 15) is 5.11 Å². The highest BCUT2D eigenvalue weighted by molar-refractivity contribution is 6.31. The molecular formula is C32H35Cl2NO. The molecule has 2 aliphatic rings. The highest BCUT2D eigenvalue weighted by atomic mass is 35.5. The molecule has 0 amide bonds. The quantitative estimate of drug-likeness (QED) is 0.277. The highest BCUT2D eigenvalue weighted by Gasteiger charge is 2.23. The molecule has 0 fully saturated rings. The van der Waals surface area contributed by atoms with Gasteiger partial charge < -0.3 is 10.0 Å². The number of hydrogen-bond donors (Lipinski definition) is 1. The van der Waals surface area contributed by atoms with E-state index in [-0.39, 0.29) is 0 Å². The third-order valence-electron chi connectivity index (χ3n) is 6.89. The summed E-state index contributed by atoms with van der Waals surface area (Å²) < 4.78 is 0. The Morgan fingerprint density at radius 3 is 2.31 bits per heavy atom. The molecule has 36 heavy (non-hydrogen) atoms. The van der Waals surface area contributed by atoms with Gasteiger partial charge in [0.15, 0.2) is 0 Å². The van der Waals surface area contributed by atoms with E-state index in [0.29, 0.717) is 22.2 Å². The number of halogens is 2. The minimum Gasteiger partial charge on any atom is -0.512 e. The zero-order valence-corrected chi connectivity index (χ0v) is 22.7. The van der Waals surface area contributed by atoms with Crippen LogP contribution in [0.4, 0.5) is 5.69 Å². The van der Waals surface area contributed by atoms with Crippen molar-refractivity contribution in [2.75, 3.05) is 18.0 Å². The summed E-state index contributed by atoms with van der Waals surface area (Å²) >= 11 is 12.2. The van der Waals surface area contributed by atoms with Crippen LogP contribution in [0.15, 0.2) is 83.1 Å². The molecule has 2 aliphatic heterocycles. The molecule has 1 N–H and O–H groups in total. The van der Waals surface area contributed by atoms with Crippen molar-refractivity contribution < 1.29 is 5.11 Å². The number of anilines is 1. The van der Waals surface area contributed by atoms with Crippen molar-refractivity contribution in [1.82, 2.24) is 0 Å². The second-order valence-electron chi connectivity index (χ2n) is 9.61. The lowest BCUT2D eigenvalue weighted by atomic mass is 9.90. The number of aryl methyl sites for hydroxylation is 2. The molecule has 0 aromatic heterocycles. The van der Waals surface area contributed by atoms with Crippen molar-refractivity contribution in [3.8, 4) is 0 Å². The smallest absolute Gasteiger partial charge is 0.0966 e. The van der Waals surface area contributed by atoms with Crippen LogP contribution in [0.1, 0.15) is 61.8 Å². The van der Waals surface area contributed by atoms with E-state index in [1.54, 1.807) is 6.08 Å². The summed E-state index contributed by atoms with van der Waals surface area (Å²) in [7, 11) is 0. The fraction of sp³-hybridized carbons (Fsp3) is 0.312. The van der Waals surface area contributed by atoms with Gasteiger partial charge in [-0.1, -0.05) is 65.2 Å². The van der Waals surface area contributed by atoms with Gasteiger partial charge in [-0.15, -0.1) is 0 Å². The number of hydrogen-bond acceptors (Lipinski definition) is 2. The standard InChI is InChI=1S/C32H35Cl2NO/c1-3-28(33)12-5-13-30(36)22-31(25-14-16-29(34)17-15-25)23(2)8-4-9-24-20-26-10-6-18-35-19-7-11-27(21-24)32(26)35/h3-5,9,12,14-17,20-22,36H,6-8,10-11,13,18-19H2,1-2H3/b9-4+,12-5-,28-3+,30-22-,31-23+. The van der Waals surface area contributed by atoms with Crippen LogP contribution in [-0.2, 0) is 12.8 Å². The van der Waals surface area contributed by atoms with Crippen LogP contribution in [-0.4, -0.2) is 18.2 Å². The first-order valence-electron chi connectivity index (χ1n) is 12.9. The Morgan fingerprint density at radius 2 is 1.67 bits per heavy atom. The van der Waals surface area contributed by atoms with Gasteiger partial charge in [0.05, 0.1) is 5.76 Å². The average molecular weight is 521 g/mol. The zero-order chi connectivity index (χ0) is 25.5. The van der Waals surface area contributed by atoms with Gasteiger partial charge in [0, 0.05) is 35.3 Å². The van der Waals surface area contributed by atoms with Gasteiger partial charge in [-0.05, 0) is 110 Å². The van der Waals surface area contributed by atoms with E-state index < -0.39 is 0 Å². The van der Waals surface area contributed by atoms with Crippen LogP contribution in [0, 0.1) is 0 Å². The monoisotopic (exact) mass is 519 g/mol. The van der Waals surface area contributed by atoms with Gasteiger partial charge in [-0.3, -0.25) is 0 Å². The van der Waals surface area contributed by atoms with Crippen LogP contribution >= 0.6 is 23.2 Å². The number of nitrogens with zero attached hydrogens (tertiary/aromatic N) is 1. The maximum absolute atomic E-state index is 10.6. The molecule has 0 atom stereocenters. The number of benzene rings is 2. The van der Waals surface area contributed by atoms with Crippen molar-refractivity contribution in [3.63, 3.8) is 0 Å². The summed E-state index contributed by atoms with van der Waals surface area (Å²) in [5, 5.41) is 12.0. The van der Waals surface area contributed by atoms with Gasteiger partial charge in [0.1, 0.15) is 0 Å². The molecule has 4 heteroatoms. The summed E-state index contributed by atoms with van der Waals surface area (Å²) in [5.41, 5.74) is 9.04. The van der Waals surface area contributed by atoms with E-state index in [2.05, 4.69) is 36.1 Å².